The molecule has 4 fully saturated rings. The summed E-state index contributed by atoms with van der Waals surface area (Å²) in [6.07, 6.45) is 10.2. The van der Waals surface area contributed by atoms with Crippen LogP contribution in [0.2, 0.25) is 0 Å². The summed E-state index contributed by atoms with van der Waals surface area (Å²) in [6.45, 7) is 10.8. The average molecular weight is 1470 g/mol. The van der Waals surface area contributed by atoms with Crippen LogP contribution in [0.15, 0.2) is 97.2 Å². The first-order chi connectivity index (χ1) is 49.5. The lowest BCUT2D eigenvalue weighted by Crippen LogP contribution is -2.57. The first-order valence-corrected chi connectivity index (χ1v) is 37.4. The predicted molar refractivity (Wildman–Crippen MR) is 385 cm³/mol. The Balaban J connectivity index is 0.668. The quantitative estimate of drug-likeness (QED) is 0.0114. The van der Waals surface area contributed by atoms with E-state index in [1.165, 1.54) is 28.4 Å². The minimum Gasteiger partial charge on any atom is -0.490 e. The summed E-state index contributed by atoms with van der Waals surface area (Å²) in [6, 6.07) is 19.4. The first-order valence-electron chi connectivity index (χ1n) is 35.0. The number of anilines is 3. The molecule has 9 N–H and O–H groups in total. The Bertz CT molecular complexity index is 4480. The number of imide groups is 1. The number of nitrogens with one attached hydrogen (secondary N) is 5. The van der Waals surface area contributed by atoms with Gasteiger partial charge in [-0.3, -0.25) is 48.3 Å². The van der Waals surface area contributed by atoms with Crippen LogP contribution in [0.25, 0.3) is 32.6 Å². The van der Waals surface area contributed by atoms with Crippen LogP contribution in [0.3, 0.4) is 0 Å². The van der Waals surface area contributed by atoms with Crippen LogP contribution in [-0.2, 0) is 56.7 Å². The van der Waals surface area contributed by atoms with Crippen molar-refractivity contribution in [2.75, 3.05) is 67.2 Å². The number of rotatable bonds is 31. The van der Waals surface area contributed by atoms with Crippen molar-refractivity contribution in [3.8, 4) is 28.1 Å². The summed E-state index contributed by atoms with van der Waals surface area (Å²) in [4.78, 5) is 130. The number of carboxylic acids is 1. The molecule has 104 heavy (non-hydrogen) atoms. The molecular weight excluding hydrogens is 1380 g/mol. The first kappa shape index (κ1) is 73.9. The lowest BCUT2D eigenvalue weighted by Gasteiger charge is -2.64. The van der Waals surface area contributed by atoms with Gasteiger partial charge in [-0.25, -0.2) is 29.1 Å². The minimum atomic E-state index is -4.52. The van der Waals surface area contributed by atoms with Crippen molar-refractivity contribution in [2.45, 2.75) is 143 Å². The van der Waals surface area contributed by atoms with Crippen molar-refractivity contribution < 1.29 is 75.4 Å². The van der Waals surface area contributed by atoms with Gasteiger partial charge in [0.05, 0.1) is 52.3 Å². The van der Waals surface area contributed by atoms with E-state index in [0.717, 1.165) is 52.9 Å². The van der Waals surface area contributed by atoms with Crippen molar-refractivity contribution in [2.24, 2.45) is 33.3 Å². The second-order valence-electron chi connectivity index (χ2n) is 29.4. The number of unbranched alkanes of at least 4 members (excludes halogenated alkanes) is 2. The molecule has 4 saturated carbocycles. The van der Waals surface area contributed by atoms with E-state index in [0.29, 0.717) is 82.4 Å². The number of carbonyl (C=O) groups excluding carboxylic acids is 8. The summed E-state index contributed by atoms with van der Waals surface area (Å²) in [5, 5.41) is 29.9. The molecule has 12 rings (SSSR count). The number of carboxylic acid groups (broad SMARTS) is 1. The minimum absolute atomic E-state index is 0.00930. The monoisotopic (exact) mass is 1470 g/mol. The Morgan fingerprint density at radius 3 is 2.32 bits per heavy atom. The molecule has 3 aromatic heterocycles. The molecule has 3 aromatic carbocycles. The molecular formula is C73H87N13O16S2. The van der Waals surface area contributed by atoms with Crippen LogP contribution in [-0.4, -0.2) is 171 Å². The van der Waals surface area contributed by atoms with Crippen molar-refractivity contribution >= 4 is 102 Å². The summed E-state index contributed by atoms with van der Waals surface area (Å²) in [5.41, 5.74) is 8.93. The molecule has 6 aromatic rings. The van der Waals surface area contributed by atoms with Crippen LogP contribution in [0.5, 0.6) is 5.75 Å². The van der Waals surface area contributed by atoms with Crippen LogP contribution >= 0.6 is 11.3 Å². The van der Waals surface area contributed by atoms with Crippen molar-refractivity contribution in [1.29, 1.82) is 0 Å². The maximum absolute atomic E-state index is 14.0. The highest BCUT2D eigenvalue weighted by Crippen LogP contribution is 2.89. The molecule has 0 radical (unpaired) electrons. The van der Waals surface area contributed by atoms with E-state index in [9.17, 15) is 61.2 Å². The number of hydrogen-bond acceptors (Lipinski definition) is 18. The topological polar surface area (TPSA) is 395 Å². The highest BCUT2D eigenvalue weighted by atomic mass is 32.2. The molecule has 10 amide bonds. The number of thiazole rings is 1. The lowest BCUT2D eigenvalue weighted by molar-refractivity contribution is -0.158. The van der Waals surface area contributed by atoms with Gasteiger partial charge in [0.25, 0.3) is 21.9 Å². The molecule has 3 bridgehead atoms. The molecule has 5 unspecified atom stereocenters. The summed E-state index contributed by atoms with van der Waals surface area (Å²) in [7, 11) is -4.52. The zero-order valence-electron chi connectivity index (χ0n) is 58.7. The fourth-order valence-electron chi connectivity index (χ4n) is 17.4. The van der Waals surface area contributed by atoms with Gasteiger partial charge in [0, 0.05) is 79.4 Å². The summed E-state index contributed by atoms with van der Waals surface area (Å²) in [5.74, 6) is -4.25. The third-order valence-electron chi connectivity index (χ3n) is 21.7. The van der Waals surface area contributed by atoms with E-state index in [-0.39, 0.29) is 116 Å². The normalized spacial score (nSPS) is 22.5. The third kappa shape index (κ3) is 15.7. The maximum atomic E-state index is 14.0. The third-order valence-corrected chi connectivity index (χ3v) is 23.3. The largest absolute Gasteiger partial charge is 0.490 e. The highest BCUT2D eigenvalue weighted by molar-refractivity contribution is 7.85. The molecule has 2 aliphatic heterocycles. The van der Waals surface area contributed by atoms with Crippen molar-refractivity contribution in [3.05, 3.63) is 114 Å². The van der Waals surface area contributed by atoms with Crippen LogP contribution in [0, 0.1) is 34.5 Å². The Hall–Kier alpha value is -9.85. The van der Waals surface area contributed by atoms with Gasteiger partial charge in [-0.15, -0.1) is 0 Å². The van der Waals surface area contributed by atoms with Crippen LogP contribution in [0.1, 0.15) is 126 Å². The molecule has 5 heterocycles. The second-order valence-corrected chi connectivity index (χ2v) is 32.0. The highest BCUT2D eigenvalue weighted by Gasteiger charge is 2.84. The Labute approximate surface area is 605 Å². The maximum Gasteiger partial charge on any atom is 0.410 e. The number of aromatic carboxylic acids is 1. The number of ether oxygens (including phenoxy) is 3. The number of hydrogen-bond donors (Lipinski definition) is 8. The number of carbonyl (C=O) groups is 9. The fraction of sp³-hybridized carbons (Fsp3) is 0.479. The lowest BCUT2D eigenvalue weighted by atomic mass is 9.40. The fourth-order valence-corrected chi connectivity index (χ4v) is 18.7. The van der Waals surface area contributed by atoms with Crippen LogP contribution < -0.4 is 42.0 Å². The standard InChI is InChI=1S/C73H87N13O16S2/c1-44(2)60(81-57(87)15-7-6-10-27-85-58(88)24-25-59(85)89)63(91)79-53(13-11-26-75-65(74)94)62(90)77-48-19-16-46(17-20-48)36-101-68(96)83(30-33-104(97,98)99)28-32-102-72-39-70(5)37-69(4)38-71(40-72,41-73(69,70)42-72)43-86-45(3)50(35-76-86)49-21-22-51(78-61(49)64(92)93)47-18-23-55-54(34-47)84(29-31-100-55)67(95)82-66-80-52-12-8-9-14-56(52)103-66/h8-9,12,14,16-25,34-35,44,53,60H,6-7,10-11,13,15,26-33,36-43H2,1-5H3,(H,77,90)(H,79,91)(H,81,87)(H,92,93)(H3,74,75,94)(H,80,82,95)(H,97,98,99)/t53-,60-,69?,70?,71?,72?,73?/m0/s1. The number of nitrogens with zero attached hydrogens (tertiary/aromatic N) is 7. The summed E-state index contributed by atoms with van der Waals surface area (Å²) >= 11 is 1.37. The number of amides is 10. The van der Waals surface area contributed by atoms with Gasteiger partial charge in [-0.2, -0.15) is 13.5 Å². The van der Waals surface area contributed by atoms with E-state index in [1.54, 1.807) is 79.5 Å². The van der Waals surface area contributed by atoms with E-state index in [1.807, 2.05) is 35.9 Å². The SMILES string of the molecule is Cc1c(-c2ccc(-c3ccc4c(c3)N(C(=O)Nc3nc5ccccc5s3)CCO4)nc2C(=O)O)cnn1CC12CC3(OCCN(CCS(=O)(=O)O)C(=O)OCc4ccc(NC(=O)[C@H](CCCNC(N)=O)NC(=O)[C@@H](NC(=O)CCCCCN5C(=O)C=CC5=O)C(C)C)cc4)CC4(C)CC(C)(C1)C4(C2)C3. The van der Waals surface area contributed by atoms with E-state index >= 15 is 0 Å². The number of para-hydroxylation sites is 1. The van der Waals surface area contributed by atoms with Gasteiger partial charge >= 0.3 is 24.1 Å². The van der Waals surface area contributed by atoms with E-state index < -0.39 is 75.9 Å². The van der Waals surface area contributed by atoms with Gasteiger partial charge < -0.3 is 51.2 Å². The zero-order valence-corrected chi connectivity index (χ0v) is 60.3. The molecule has 7 atom stereocenters. The molecule has 31 heteroatoms. The number of aromatic nitrogens is 4. The van der Waals surface area contributed by atoms with Crippen molar-refractivity contribution in [3.63, 3.8) is 0 Å². The Kier molecular flexibility index (Phi) is 21.1. The zero-order chi connectivity index (χ0) is 74.1. The number of nitrogens with two attached hydrogens (primary N) is 1. The molecule has 29 nitrogen and oxygen atoms in total. The van der Waals surface area contributed by atoms with E-state index in [2.05, 4.69) is 45.4 Å². The Morgan fingerprint density at radius 1 is 0.827 bits per heavy atom. The van der Waals surface area contributed by atoms with Crippen LogP contribution in [0.4, 0.5) is 30.9 Å². The molecule has 4 aliphatic carbocycles. The molecule has 1 spiro atoms. The van der Waals surface area contributed by atoms with Crippen molar-refractivity contribution in [1.82, 2.24) is 45.5 Å². The van der Waals surface area contributed by atoms with Gasteiger partial charge in [-0.05, 0) is 159 Å². The van der Waals surface area contributed by atoms with Gasteiger partial charge in [0.15, 0.2) is 10.8 Å². The molecule has 0 saturated heterocycles. The van der Waals surface area contributed by atoms with Gasteiger partial charge in [-0.1, -0.05) is 69.7 Å². The predicted octanol–water partition coefficient (Wildman–Crippen LogP) is 8.82. The average Bonchev–Trinajstić information content (AvgIpc) is 1.46. The van der Waals surface area contributed by atoms with Gasteiger partial charge in [0.2, 0.25) is 17.7 Å². The smallest absolute Gasteiger partial charge is 0.410 e. The Morgan fingerprint density at radius 2 is 1.59 bits per heavy atom. The number of fused-ring (bicyclic) bond motifs is 4. The number of pyridine rings is 1. The second kappa shape index (κ2) is 29.7. The molecule has 6 aliphatic rings. The number of benzene rings is 3. The van der Waals surface area contributed by atoms with Gasteiger partial charge in [0.1, 0.15) is 31.0 Å². The van der Waals surface area contributed by atoms with E-state index in [4.69, 9.17) is 30.0 Å². The number of urea groups is 2. The number of primary amides is 1. The summed E-state index contributed by atoms with van der Waals surface area (Å²) < 4.78 is 55.8. The molecule has 552 valence electrons.